The van der Waals surface area contributed by atoms with Crippen molar-refractivity contribution in [1.82, 2.24) is 0 Å². The second-order valence-electron chi connectivity index (χ2n) is 16.2. The predicted molar refractivity (Wildman–Crippen MR) is 228 cm³/mol. The molecule has 5 nitrogen and oxygen atoms in total. The molecule has 0 amide bonds. The summed E-state index contributed by atoms with van der Waals surface area (Å²) in [6.45, 7) is 4.13. The minimum absolute atomic E-state index is 0.0592. The van der Waals surface area contributed by atoms with Gasteiger partial charge in [0.25, 0.3) is 0 Å². The summed E-state index contributed by atoms with van der Waals surface area (Å²) >= 11 is 0. The molecule has 0 saturated heterocycles. The van der Waals surface area contributed by atoms with Gasteiger partial charge in [0, 0.05) is 12.8 Å². The molecule has 0 spiro atoms. The zero-order valence-corrected chi connectivity index (χ0v) is 35.8. The molecule has 0 aliphatic heterocycles. The van der Waals surface area contributed by atoms with E-state index in [0.717, 1.165) is 38.5 Å². The van der Waals surface area contributed by atoms with Gasteiger partial charge in [-0.1, -0.05) is 225 Å². The SMILES string of the molecule is CCCCCCCCCC/C=C\CCCCCCCCCCCCCCCCCCCCCC(=O)OC(CO)COC(=O)CCCCCCCCCC. The van der Waals surface area contributed by atoms with E-state index in [9.17, 15) is 14.7 Å². The van der Waals surface area contributed by atoms with Crippen molar-refractivity contribution in [2.75, 3.05) is 13.2 Å². The monoisotopic (exact) mass is 749 g/mol. The van der Waals surface area contributed by atoms with Gasteiger partial charge in [0.1, 0.15) is 6.61 Å². The van der Waals surface area contributed by atoms with Crippen LogP contribution in [0.5, 0.6) is 0 Å². The van der Waals surface area contributed by atoms with Crippen LogP contribution < -0.4 is 0 Å². The van der Waals surface area contributed by atoms with Crippen LogP contribution in [0.25, 0.3) is 0 Å². The summed E-state index contributed by atoms with van der Waals surface area (Å²) < 4.78 is 10.6. The van der Waals surface area contributed by atoms with Crippen LogP contribution in [0, 0.1) is 0 Å². The van der Waals surface area contributed by atoms with Crippen LogP contribution in [-0.2, 0) is 19.1 Å². The smallest absolute Gasteiger partial charge is 0.306 e. The molecule has 0 rings (SSSR count). The molecule has 0 radical (unpaired) electrons. The largest absolute Gasteiger partial charge is 0.462 e. The van der Waals surface area contributed by atoms with Crippen molar-refractivity contribution in [2.45, 2.75) is 270 Å². The lowest BCUT2D eigenvalue weighted by Crippen LogP contribution is -2.28. The van der Waals surface area contributed by atoms with Crippen molar-refractivity contribution in [3.8, 4) is 0 Å². The maximum Gasteiger partial charge on any atom is 0.306 e. The van der Waals surface area contributed by atoms with Crippen molar-refractivity contribution >= 4 is 11.9 Å². The summed E-state index contributed by atoms with van der Waals surface area (Å²) in [6.07, 6.45) is 53.3. The molecule has 0 heterocycles. The zero-order chi connectivity index (χ0) is 38.6. The van der Waals surface area contributed by atoms with Crippen LogP contribution in [-0.4, -0.2) is 36.4 Å². The Labute approximate surface area is 331 Å². The van der Waals surface area contributed by atoms with Crippen LogP contribution in [0.1, 0.15) is 264 Å². The number of aliphatic hydroxyl groups is 1. The Morgan fingerprint density at radius 2 is 0.698 bits per heavy atom. The van der Waals surface area contributed by atoms with E-state index in [4.69, 9.17) is 9.47 Å². The average molecular weight is 749 g/mol. The first-order chi connectivity index (χ1) is 26.1. The van der Waals surface area contributed by atoms with Crippen molar-refractivity contribution < 1.29 is 24.2 Å². The van der Waals surface area contributed by atoms with E-state index in [1.807, 2.05) is 0 Å². The number of unbranched alkanes of at least 4 members (excludes halogenated alkanes) is 34. The summed E-state index contributed by atoms with van der Waals surface area (Å²) in [5, 5.41) is 9.54. The normalized spacial score (nSPS) is 12.1. The van der Waals surface area contributed by atoms with E-state index in [1.165, 1.54) is 199 Å². The fourth-order valence-electron chi connectivity index (χ4n) is 7.20. The van der Waals surface area contributed by atoms with Gasteiger partial charge in [-0.2, -0.15) is 0 Å². The topological polar surface area (TPSA) is 72.8 Å². The van der Waals surface area contributed by atoms with Gasteiger partial charge in [0.15, 0.2) is 6.10 Å². The standard InChI is InChI=1S/C48H92O5/c1-3-5-7-9-11-13-14-15-16-17-18-19-20-21-22-23-24-25-26-27-28-29-30-31-32-33-34-35-37-39-41-43-48(51)53-46(44-49)45-52-47(50)42-40-38-36-12-10-8-6-4-2/h17-18,46,49H,3-16,19-45H2,1-2H3/b18-17-. The third kappa shape index (κ3) is 43.2. The minimum Gasteiger partial charge on any atom is -0.462 e. The summed E-state index contributed by atoms with van der Waals surface area (Å²) in [7, 11) is 0. The summed E-state index contributed by atoms with van der Waals surface area (Å²) in [5.41, 5.74) is 0. The molecular formula is C48H92O5. The van der Waals surface area contributed by atoms with Crippen molar-refractivity contribution in [3.63, 3.8) is 0 Å². The number of rotatable bonds is 44. The van der Waals surface area contributed by atoms with Crippen LogP contribution in [0.4, 0.5) is 0 Å². The molecule has 0 aliphatic rings. The highest BCUT2D eigenvalue weighted by molar-refractivity contribution is 5.70. The Kier molecular flexibility index (Phi) is 43.9. The molecule has 1 N–H and O–H groups in total. The lowest BCUT2D eigenvalue weighted by atomic mass is 10.0. The highest BCUT2D eigenvalue weighted by Gasteiger charge is 2.16. The minimum atomic E-state index is -0.762. The molecule has 0 bridgehead atoms. The third-order valence-corrected chi connectivity index (χ3v) is 10.8. The third-order valence-electron chi connectivity index (χ3n) is 10.8. The van der Waals surface area contributed by atoms with Gasteiger partial charge in [-0.05, 0) is 38.5 Å². The molecule has 314 valence electrons. The molecule has 0 aromatic rings. The lowest BCUT2D eigenvalue weighted by Gasteiger charge is -2.15. The maximum atomic E-state index is 12.2. The number of esters is 2. The second kappa shape index (κ2) is 45.0. The molecule has 0 fully saturated rings. The van der Waals surface area contributed by atoms with E-state index in [1.54, 1.807) is 0 Å². The quantitative estimate of drug-likeness (QED) is 0.0381. The van der Waals surface area contributed by atoms with Gasteiger partial charge in [-0.25, -0.2) is 0 Å². The molecular weight excluding hydrogens is 657 g/mol. The highest BCUT2D eigenvalue weighted by atomic mass is 16.6. The second-order valence-corrected chi connectivity index (χ2v) is 16.2. The Morgan fingerprint density at radius 3 is 1.02 bits per heavy atom. The number of allylic oxidation sites excluding steroid dienone is 2. The molecule has 0 aromatic carbocycles. The van der Waals surface area contributed by atoms with Crippen molar-refractivity contribution in [1.29, 1.82) is 0 Å². The predicted octanol–water partition coefficient (Wildman–Crippen LogP) is 15.2. The van der Waals surface area contributed by atoms with E-state index in [2.05, 4.69) is 26.0 Å². The van der Waals surface area contributed by atoms with Crippen LogP contribution in [0.15, 0.2) is 12.2 Å². The molecule has 1 atom stereocenters. The van der Waals surface area contributed by atoms with Gasteiger partial charge in [0.2, 0.25) is 0 Å². The number of carbonyl (C=O) groups is 2. The Balaban J connectivity index is 3.36. The lowest BCUT2D eigenvalue weighted by molar-refractivity contribution is -0.161. The molecule has 0 aliphatic carbocycles. The number of hydrogen-bond acceptors (Lipinski definition) is 5. The number of hydrogen-bond donors (Lipinski definition) is 1. The van der Waals surface area contributed by atoms with E-state index >= 15 is 0 Å². The van der Waals surface area contributed by atoms with Gasteiger partial charge in [-0.15, -0.1) is 0 Å². The Hall–Kier alpha value is -1.36. The number of carbonyl (C=O) groups excluding carboxylic acids is 2. The Bertz CT molecular complexity index is 765. The average Bonchev–Trinajstić information content (AvgIpc) is 3.16. The first-order valence-electron chi connectivity index (χ1n) is 23.7. The molecule has 0 aromatic heterocycles. The van der Waals surface area contributed by atoms with Crippen LogP contribution in [0.2, 0.25) is 0 Å². The van der Waals surface area contributed by atoms with Crippen LogP contribution >= 0.6 is 0 Å². The van der Waals surface area contributed by atoms with E-state index < -0.39 is 6.10 Å². The molecule has 0 saturated carbocycles. The Morgan fingerprint density at radius 1 is 0.415 bits per heavy atom. The van der Waals surface area contributed by atoms with Crippen molar-refractivity contribution in [2.24, 2.45) is 0 Å². The van der Waals surface area contributed by atoms with E-state index in [0.29, 0.717) is 12.8 Å². The van der Waals surface area contributed by atoms with Crippen molar-refractivity contribution in [3.05, 3.63) is 12.2 Å². The first kappa shape index (κ1) is 51.6. The molecule has 1 unspecified atom stereocenters. The zero-order valence-electron chi connectivity index (χ0n) is 35.8. The maximum absolute atomic E-state index is 12.2. The highest BCUT2D eigenvalue weighted by Crippen LogP contribution is 2.16. The summed E-state index contributed by atoms with van der Waals surface area (Å²) in [5.74, 6) is -0.582. The number of aliphatic hydroxyl groups excluding tert-OH is 1. The fourth-order valence-corrected chi connectivity index (χ4v) is 7.20. The summed E-state index contributed by atoms with van der Waals surface area (Å²) in [6, 6.07) is 0. The molecule has 5 heteroatoms. The van der Waals surface area contributed by atoms with Gasteiger partial charge in [-0.3, -0.25) is 9.59 Å². The number of ether oxygens (including phenoxy) is 2. The molecule has 53 heavy (non-hydrogen) atoms. The summed E-state index contributed by atoms with van der Waals surface area (Å²) in [4.78, 5) is 24.2. The van der Waals surface area contributed by atoms with E-state index in [-0.39, 0.29) is 25.2 Å². The van der Waals surface area contributed by atoms with Gasteiger partial charge in [0.05, 0.1) is 6.61 Å². The fraction of sp³-hybridized carbons (Fsp3) is 0.917. The van der Waals surface area contributed by atoms with Gasteiger partial charge < -0.3 is 14.6 Å². The van der Waals surface area contributed by atoms with Gasteiger partial charge >= 0.3 is 11.9 Å². The van der Waals surface area contributed by atoms with Crippen LogP contribution in [0.3, 0.4) is 0 Å². The first-order valence-corrected chi connectivity index (χ1v) is 23.7.